The second-order valence-corrected chi connectivity index (χ2v) is 5.64. The van der Waals surface area contributed by atoms with Crippen molar-refractivity contribution in [3.05, 3.63) is 23.2 Å². The molecule has 0 aromatic heterocycles. The molecule has 1 rings (SSSR count). The summed E-state index contributed by atoms with van der Waals surface area (Å²) in [5.74, 6) is 0.701. The molecule has 0 saturated heterocycles. The van der Waals surface area contributed by atoms with Gasteiger partial charge < -0.3 is 20.1 Å². The third kappa shape index (κ3) is 6.02. The van der Waals surface area contributed by atoms with Crippen LogP contribution in [0.2, 0.25) is 5.02 Å². The molecule has 112 valence electrons. The summed E-state index contributed by atoms with van der Waals surface area (Å²) in [6.07, 6.45) is -0.433. The summed E-state index contributed by atoms with van der Waals surface area (Å²) in [5.41, 5.74) is 0.291. The van der Waals surface area contributed by atoms with Gasteiger partial charge in [0.15, 0.2) is 0 Å². The first-order valence-corrected chi connectivity index (χ1v) is 6.74. The molecule has 1 amide bonds. The van der Waals surface area contributed by atoms with Gasteiger partial charge in [0, 0.05) is 18.1 Å². The molecule has 0 aliphatic rings. The van der Waals surface area contributed by atoms with Crippen molar-refractivity contribution < 1.29 is 14.3 Å². The number of anilines is 1. The van der Waals surface area contributed by atoms with Crippen molar-refractivity contribution in [2.75, 3.05) is 25.5 Å². The highest BCUT2D eigenvalue weighted by atomic mass is 35.5. The normalized spacial score (nSPS) is 10.8. The smallest absolute Gasteiger partial charge is 0.407 e. The van der Waals surface area contributed by atoms with Crippen LogP contribution in [-0.4, -0.2) is 31.9 Å². The van der Waals surface area contributed by atoms with Crippen molar-refractivity contribution in [2.45, 2.75) is 26.4 Å². The fraction of sp³-hybridized carbons (Fsp3) is 0.500. The number of carbonyl (C=O) groups is 1. The second-order valence-electron chi connectivity index (χ2n) is 5.20. The number of benzene rings is 1. The minimum atomic E-state index is -0.492. The van der Waals surface area contributed by atoms with Gasteiger partial charge in [0.25, 0.3) is 0 Å². The fourth-order valence-corrected chi connectivity index (χ4v) is 1.67. The molecule has 1 aromatic rings. The minimum absolute atomic E-state index is 0.433. The SMILES string of the molecule is COc1ccc(Cl)cc1NCCNC(=O)OC(C)(C)C. The summed E-state index contributed by atoms with van der Waals surface area (Å²) in [6, 6.07) is 5.31. The maximum absolute atomic E-state index is 11.4. The van der Waals surface area contributed by atoms with Gasteiger partial charge in [-0.15, -0.1) is 0 Å². The highest BCUT2D eigenvalue weighted by molar-refractivity contribution is 6.30. The molecule has 0 spiro atoms. The molecule has 0 atom stereocenters. The Labute approximate surface area is 124 Å². The number of hydrogen-bond donors (Lipinski definition) is 2. The number of amides is 1. The van der Waals surface area contributed by atoms with Gasteiger partial charge in [-0.05, 0) is 39.0 Å². The van der Waals surface area contributed by atoms with Crippen LogP contribution in [0.3, 0.4) is 0 Å². The van der Waals surface area contributed by atoms with Crippen LogP contribution in [0, 0.1) is 0 Å². The molecule has 20 heavy (non-hydrogen) atoms. The van der Waals surface area contributed by atoms with Crippen molar-refractivity contribution in [3.8, 4) is 5.75 Å². The molecule has 0 fully saturated rings. The van der Waals surface area contributed by atoms with Crippen molar-refractivity contribution in [1.82, 2.24) is 5.32 Å². The van der Waals surface area contributed by atoms with Crippen LogP contribution in [0.5, 0.6) is 5.75 Å². The van der Waals surface area contributed by atoms with Gasteiger partial charge >= 0.3 is 6.09 Å². The fourth-order valence-electron chi connectivity index (χ4n) is 1.49. The Hall–Kier alpha value is -1.62. The third-order valence-corrected chi connectivity index (χ3v) is 2.51. The van der Waals surface area contributed by atoms with E-state index in [0.29, 0.717) is 23.9 Å². The summed E-state index contributed by atoms with van der Waals surface area (Å²) in [4.78, 5) is 11.4. The molecule has 0 saturated carbocycles. The van der Waals surface area contributed by atoms with E-state index >= 15 is 0 Å². The van der Waals surface area contributed by atoms with Crippen molar-refractivity contribution in [1.29, 1.82) is 0 Å². The topological polar surface area (TPSA) is 59.6 Å². The van der Waals surface area contributed by atoms with Gasteiger partial charge in [0.1, 0.15) is 11.4 Å². The number of carbonyl (C=O) groups excluding carboxylic acids is 1. The second kappa shape index (κ2) is 7.24. The van der Waals surface area contributed by atoms with E-state index in [1.165, 1.54) is 0 Å². The van der Waals surface area contributed by atoms with E-state index in [0.717, 1.165) is 5.69 Å². The number of hydrogen-bond acceptors (Lipinski definition) is 4. The monoisotopic (exact) mass is 300 g/mol. The summed E-state index contributed by atoms with van der Waals surface area (Å²) in [6.45, 7) is 6.44. The molecule has 5 nitrogen and oxygen atoms in total. The molecule has 0 heterocycles. The Morgan fingerprint density at radius 1 is 1.30 bits per heavy atom. The summed E-state index contributed by atoms with van der Waals surface area (Å²) >= 11 is 5.92. The van der Waals surface area contributed by atoms with Crippen LogP contribution in [0.4, 0.5) is 10.5 Å². The molecule has 2 N–H and O–H groups in total. The lowest BCUT2D eigenvalue weighted by molar-refractivity contribution is 0.0530. The first kappa shape index (κ1) is 16.4. The third-order valence-electron chi connectivity index (χ3n) is 2.27. The minimum Gasteiger partial charge on any atom is -0.495 e. The average molecular weight is 301 g/mol. The van der Waals surface area contributed by atoms with Gasteiger partial charge in [-0.2, -0.15) is 0 Å². The Morgan fingerprint density at radius 2 is 2.00 bits per heavy atom. The number of methoxy groups -OCH3 is 1. The number of nitrogens with one attached hydrogen (secondary N) is 2. The number of rotatable bonds is 5. The Kier molecular flexibility index (Phi) is 5.95. The van der Waals surface area contributed by atoms with Crippen LogP contribution in [0.1, 0.15) is 20.8 Å². The first-order chi connectivity index (χ1) is 9.31. The molecule has 0 radical (unpaired) electrons. The molecule has 0 bridgehead atoms. The van der Waals surface area contributed by atoms with E-state index in [9.17, 15) is 4.79 Å². The van der Waals surface area contributed by atoms with E-state index in [1.807, 2.05) is 20.8 Å². The molecule has 6 heteroatoms. The Bertz CT molecular complexity index is 458. The van der Waals surface area contributed by atoms with Crippen molar-refractivity contribution in [2.24, 2.45) is 0 Å². The highest BCUT2D eigenvalue weighted by Crippen LogP contribution is 2.27. The quantitative estimate of drug-likeness (QED) is 0.819. The van der Waals surface area contributed by atoms with Crippen LogP contribution in [0.25, 0.3) is 0 Å². The average Bonchev–Trinajstić information content (AvgIpc) is 2.33. The number of alkyl carbamates (subject to hydrolysis) is 1. The van der Waals surface area contributed by atoms with Gasteiger partial charge in [-0.3, -0.25) is 0 Å². The van der Waals surface area contributed by atoms with Gasteiger partial charge in [-0.25, -0.2) is 4.79 Å². The lowest BCUT2D eigenvalue weighted by Gasteiger charge is -2.19. The van der Waals surface area contributed by atoms with Crippen molar-refractivity contribution >= 4 is 23.4 Å². The van der Waals surface area contributed by atoms with Crippen LogP contribution in [-0.2, 0) is 4.74 Å². The maximum Gasteiger partial charge on any atom is 0.407 e. The van der Waals surface area contributed by atoms with Crippen LogP contribution in [0.15, 0.2) is 18.2 Å². The highest BCUT2D eigenvalue weighted by Gasteiger charge is 2.15. The van der Waals surface area contributed by atoms with E-state index in [2.05, 4.69) is 10.6 Å². The predicted molar refractivity (Wildman–Crippen MR) is 80.7 cm³/mol. The van der Waals surface area contributed by atoms with Gasteiger partial charge in [0.2, 0.25) is 0 Å². The summed E-state index contributed by atoms with van der Waals surface area (Å²) in [5, 5.41) is 6.43. The lowest BCUT2D eigenvalue weighted by atomic mass is 10.2. The zero-order valence-corrected chi connectivity index (χ0v) is 13.0. The first-order valence-electron chi connectivity index (χ1n) is 6.36. The summed E-state index contributed by atoms with van der Waals surface area (Å²) in [7, 11) is 1.59. The Morgan fingerprint density at radius 3 is 2.60 bits per heavy atom. The largest absolute Gasteiger partial charge is 0.495 e. The lowest BCUT2D eigenvalue weighted by Crippen LogP contribution is -2.35. The molecular weight excluding hydrogens is 280 g/mol. The van der Waals surface area contributed by atoms with E-state index in [-0.39, 0.29) is 0 Å². The zero-order chi connectivity index (χ0) is 15.2. The predicted octanol–water partition coefficient (Wildman–Crippen LogP) is 3.29. The number of ether oxygens (including phenoxy) is 2. The molecule has 0 aliphatic carbocycles. The van der Waals surface area contributed by atoms with E-state index in [4.69, 9.17) is 21.1 Å². The van der Waals surface area contributed by atoms with Gasteiger partial charge in [0.05, 0.1) is 12.8 Å². The number of halogens is 1. The van der Waals surface area contributed by atoms with Crippen LogP contribution >= 0.6 is 11.6 Å². The van der Waals surface area contributed by atoms with Crippen molar-refractivity contribution in [3.63, 3.8) is 0 Å². The van der Waals surface area contributed by atoms with Gasteiger partial charge in [-0.1, -0.05) is 11.6 Å². The molecule has 0 aliphatic heterocycles. The Balaban J connectivity index is 2.38. The molecule has 1 aromatic carbocycles. The molecular formula is C14H21ClN2O3. The van der Waals surface area contributed by atoms with Crippen LogP contribution < -0.4 is 15.4 Å². The zero-order valence-electron chi connectivity index (χ0n) is 12.2. The van der Waals surface area contributed by atoms with E-state index in [1.54, 1.807) is 25.3 Å². The summed E-state index contributed by atoms with van der Waals surface area (Å²) < 4.78 is 10.3. The maximum atomic E-state index is 11.4. The standard InChI is InChI=1S/C14H21ClN2O3/c1-14(2,3)20-13(18)17-8-7-16-11-9-10(15)5-6-12(11)19-4/h5-6,9,16H,7-8H2,1-4H3,(H,17,18). The molecule has 0 unspecified atom stereocenters. The van der Waals surface area contributed by atoms with E-state index < -0.39 is 11.7 Å².